The van der Waals surface area contributed by atoms with Crippen molar-refractivity contribution in [1.29, 1.82) is 0 Å². The molecule has 0 unspecified atom stereocenters. The van der Waals surface area contributed by atoms with Gasteiger partial charge in [0.1, 0.15) is 5.78 Å². The van der Waals surface area contributed by atoms with Crippen molar-refractivity contribution in [3.8, 4) is 0 Å². The lowest BCUT2D eigenvalue weighted by Gasteiger charge is -2.07. The van der Waals surface area contributed by atoms with Crippen molar-refractivity contribution in [3.05, 3.63) is 0 Å². The first-order chi connectivity index (χ1) is 9.56. The highest BCUT2D eigenvalue weighted by Crippen LogP contribution is 1.99. The number of hydrogen-bond acceptors (Lipinski definition) is 4. The van der Waals surface area contributed by atoms with E-state index in [4.69, 9.17) is 0 Å². The molecule has 2 amide bonds. The van der Waals surface area contributed by atoms with Crippen LogP contribution in [-0.4, -0.2) is 43.8 Å². The zero-order valence-electron chi connectivity index (χ0n) is 12.6. The third-order valence-corrected chi connectivity index (χ3v) is 2.75. The summed E-state index contributed by atoms with van der Waals surface area (Å²) in [7, 11) is 0. The molecule has 0 aromatic heterocycles. The summed E-state index contributed by atoms with van der Waals surface area (Å²) in [6.07, 6.45) is 3.05. The lowest BCUT2D eigenvalue weighted by molar-refractivity contribution is -0.122. The van der Waals surface area contributed by atoms with E-state index >= 15 is 0 Å². The van der Waals surface area contributed by atoms with Gasteiger partial charge in [-0.25, -0.2) is 0 Å². The molecular formula is C14H27N3O3. The van der Waals surface area contributed by atoms with Crippen LogP contribution in [-0.2, 0) is 14.4 Å². The van der Waals surface area contributed by atoms with Crippen LogP contribution >= 0.6 is 0 Å². The van der Waals surface area contributed by atoms with Crippen molar-refractivity contribution in [2.75, 3.05) is 26.2 Å². The van der Waals surface area contributed by atoms with E-state index < -0.39 is 0 Å². The fourth-order valence-electron chi connectivity index (χ4n) is 1.58. The summed E-state index contributed by atoms with van der Waals surface area (Å²) in [6.45, 7) is 5.93. The smallest absolute Gasteiger partial charge is 0.220 e. The molecule has 0 saturated heterocycles. The minimum atomic E-state index is 0.0228. The zero-order valence-corrected chi connectivity index (χ0v) is 12.6. The van der Waals surface area contributed by atoms with Crippen LogP contribution in [0.3, 0.4) is 0 Å². The van der Waals surface area contributed by atoms with Crippen molar-refractivity contribution in [2.24, 2.45) is 0 Å². The van der Waals surface area contributed by atoms with Crippen LogP contribution in [0.5, 0.6) is 0 Å². The summed E-state index contributed by atoms with van der Waals surface area (Å²) in [6, 6.07) is 0. The van der Waals surface area contributed by atoms with Crippen LogP contribution in [0.2, 0.25) is 0 Å². The number of rotatable bonds is 12. The molecule has 116 valence electrons. The van der Waals surface area contributed by atoms with E-state index in [2.05, 4.69) is 16.0 Å². The second kappa shape index (κ2) is 12.6. The van der Waals surface area contributed by atoms with Crippen LogP contribution < -0.4 is 16.0 Å². The molecule has 6 nitrogen and oxygen atoms in total. The monoisotopic (exact) mass is 285 g/mol. The van der Waals surface area contributed by atoms with Gasteiger partial charge in [0.25, 0.3) is 0 Å². The van der Waals surface area contributed by atoms with Gasteiger partial charge in [0.05, 0.1) is 0 Å². The van der Waals surface area contributed by atoms with E-state index in [1.165, 1.54) is 0 Å². The molecule has 20 heavy (non-hydrogen) atoms. The molecule has 0 saturated carbocycles. The molecule has 0 atom stereocenters. The van der Waals surface area contributed by atoms with Gasteiger partial charge in [-0.05, 0) is 19.8 Å². The van der Waals surface area contributed by atoms with Gasteiger partial charge < -0.3 is 20.7 Å². The van der Waals surface area contributed by atoms with Crippen LogP contribution in [0.1, 0.15) is 46.0 Å². The molecule has 0 aliphatic carbocycles. The lowest BCUT2D eigenvalue weighted by Crippen LogP contribution is -2.36. The summed E-state index contributed by atoms with van der Waals surface area (Å²) < 4.78 is 0. The molecule has 0 aliphatic rings. The highest BCUT2D eigenvalue weighted by molar-refractivity contribution is 5.76. The number of carbonyl (C=O) groups is 3. The fourth-order valence-corrected chi connectivity index (χ4v) is 1.58. The third kappa shape index (κ3) is 13.0. The molecule has 0 aromatic carbocycles. The van der Waals surface area contributed by atoms with E-state index in [-0.39, 0.29) is 17.6 Å². The van der Waals surface area contributed by atoms with E-state index in [9.17, 15) is 14.4 Å². The SMILES string of the molecule is CCC(=O)NCCNCCNC(=O)CCCCC(C)=O. The molecule has 6 heteroatoms. The molecule has 0 radical (unpaired) electrons. The predicted octanol–water partition coefficient (Wildman–Crippen LogP) is 0.368. The third-order valence-electron chi connectivity index (χ3n) is 2.75. The molecule has 0 fully saturated rings. The van der Waals surface area contributed by atoms with Gasteiger partial charge in [0.15, 0.2) is 0 Å². The second-order valence-electron chi connectivity index (χ2n) is 4.71. The topological polar surface area (TPSA) is 87.3 Å². The summed E-state index contributed by atoms with van der Waals surface area (Å²) in [5.74, 6) is 0.241. The molecular weight excluding hydrogens is 258 g/mol. The highest BCUT2D eigenvalue weighted by atomic mass is 16.2. The Hall–Kier alpha value is -1.43. The second-order valence-corrected chi connectivity index (χ2v) is 4.71. The van der Waals surface area contributed by atoms with E-state index in [0.29, 0.717) is 45.4 Å². The van der Waals surface area contributed by atoms with Crippen LogP contribution in [0.25, 0.3) is 0 Å². The normalized spacial score (nSPS) is 10.1. The molecule has 0 aliphatic heterocycles. The molecule has 0 spiro atoms. The molecule has 0 rings (SSSR count). The number of carbonyl (C=O) groups excluding carboxylic acids is 3. The van der Waals surface area contributed by atoms with Gasteiger partial charge in [-0.2, -0.15) is 0 Å². The minimum Gasteiger partial charge on any atom is -0.355 e. The summed E-state index contributed by atoms with van der Waals surface area (Å²) in [5, 5.41) is 8.70. The summed E-state index contributed by atoms with van der Waals surface area (Å²) in [5.41, 5.74) is 0. The standard InChI is InChI=1S/C14H27N3O3/c1-3-13(19)16-10-8-15-9-11-17-14(20)7-5-4-6-12(2)18/h15H,3-11H2,1-2H3,(H,16,19)(H,17,20). The largest absolute Gasteiger partial charge is 0.355 e. The first-order valence-electron chi connectivity index (χ1n) is 7.29. The van der Waals surface area contributed by atoms with E-state index in [0.717, 1.165) is 12.8 Å². The Morgan fingerprint density at radius 2 is 1.35 bits per heavy atom. The average Bonchev–Trinajstić information content (AvgIpc) is 2.42. The number of amides is 2. The minimum absolute atomic E-state index is 0.0228. The maximum absolute atomic E-state index is 11.4. The molecule has 0 aromatic rings. The van der Waals surface area contributed by atoms with Crippen molar-refractivity contribution >= 4 is 17.6 Å². The number of Topliss-reactive ketones (excluding diaryl/α,β-unsaturated/α-hetero) is 1. The number of ketones is 1. The van der Waals surface area contributed by atoms with E-state index in [1.54, 1.807) is 6.92 Å². The zero-order chi connectivity index (χ0) is 15.2. The van der Waals surface area contributed by atoms with Crippen molar-refractivity contribution in [3.63, 3.8) is 0 Å². The van der Waals surface area contributed by atoms with Crippen molar-refractivity contribution < 1.29 is 14.4 Å². The van der Waals surface area contributed by atoms with Crippen LogP contribution in [0.4, 0.5) is 0 Å². The average molecular weight is 285 g/mol. The molecule has 0 heterocycles. The van der Waals surface area contributed by atoms with E-state index in [1.807, 2.05) is 6.92 Å². The van der Waals surface area contributed by atoms with Gasteiger partial charge in [0, 0.05) is 45.4 Å². The first-order valence-corrected chi connectivity index (χ1v) is 7.29. The van der Waals surface area contributed by atoms with Crippen molar-refractivity contribution in [2.45, 2.75) is 46.0 Å². The van der Waals surface area contributed by atoms with Gasteiger partial charge in [-0.15, -0.1) is 0 Å². The molecule has 3 N–H and O–H groups in total. The van der Waals surface area contributed by atoms with Crippen LogP contribution in [0.15, 0.2) is 0 Å². The Labute approximate surface area is 121 Å². The van der Waals surface area contributed by atoms with Crippen molar-refractivity contribution in [1.82, 2.24) is 16.0 Å². The maximum Gasteiger partial charge on any atom is 0.220 e. The predicted molar refractivity (Wildman–Crippen MR) is 78.3 cm³/mol. The van der Waals surface area contributed by atoms with Gasteiger partial charge in [0.2, 0.25) is 11.8 Å². The number of hydrogen-bond donors (Lipinski definition) is 3. The van der Waals surface area contributed by atoms with Gasteiger partial charge >= 0.3 is 0 Å². The maximum atomic E-state index is 11.4. The quantitative estimate of drug-likeness (QED) is 0.452. The van der Waals surface area contributed by atoms with Gasteiger partial charge in [-0.1, -0.05) is 6.92 Å². The Morgan fingerprint density at radius 3 is 1.90 bits per heavy atom. The number of unbranched alkanes of at least 4 members (excludes halogenated alkanes) is 1. The fraction of sp³-hybridized carbons (Fsp3) is 0.786. The first kappa shape index (κ1) is 18.6. The van der Waals surface area contributed by atoms with Crippen LogP contribution in [0, 0.1) is 0 Å². The Bertz CT molecular complexity index is 306. The highest BCUT2D eigenvalue weighted by Gasteiger charge is 2.01. The molecule has 0 bridgehead atoms. The summed E-state index contributed by atoms with van der Waals surface area (Å²) in [4.78, 5) is 33.1. The summed E-state index contributed by atoms with van der Waals surface area (Å²) >= 11 is 0. The Balaban J connectivity index is 3.27. The number of nitrogens with one attached hydrogen (secondary N) is 3. The van der Waals surface area contributed by atoms with Gasteiger partial charge in [-0.3, -0.25) is 9.59 Å². The Kier molecular flexibility index (Phi) is 11.7. The lowest BCUT2D eigenvalue weighted by atomic mass is 10.1. The Morgan fingerprint density at radius 1 is 0.800 bits per heavy atom.